The second-order valence-electron chi connectivity index (χ2n) is 5.82. The molecular formula is C15H21NO4. The van der Waals surface area contributed by atoms with Crippen LogP contribution < -0.4 is 0 Å². The Balaban J connectivity index is 2.06. The number of hydrogen-bond acceptors (Lipinski definition) is 3. The van der Waals surface area contributed by atoms with Gasteiger partial charge in [-0.1, -0.05) is 6.92 Å². The Morgan fingerprint density at radius 3 is 2.60 bits per heavy atom. The van der Waals surface area contributed by atoms with Crippen LogP contribution in [0.1, 0.15) is 31.1 Å². The fraction of sp³-hybridized carbons (Fsp3) is 0.600. The average Bonchev–Trinajstić information content (AvgIpc) is 2.95. The topological polar surface area (TPSA) is 70.8 Å². The lowest BCUT2D eigenvalue weighted by Crippen LogP contribution is -2.36. The minimum atomic E-state index is -0.861. The molecular weight excluding hydrogens is 258 g/mol. The highest BCUT2D eigenvalue weighted by Gasteiger charge is 2.42. The normalized spacial score (nSPS) is 25.6. The van der Waals surface area contributed by atoms with Crippen LogP contribution in [0.5, 0.6) is 0 Å². The number of carbonyl (C=O) groups is 2. The number of aryl methyl sites for hydroxylation is 1. The maximum Gasteiger partial charge on any atom is 0.307 e. The molecule has 1 aliphatic rings. The van der Waals surface area contributed by atoms with Gasteiger partial charge in [0.2, 0.25) is 5.91 Å². The molecule has 1 fully saturated rings. The molecule has 0 aliphatic heterocycles. The van der Waals surface area contributed by atoms with Crippen LogP contribution in [0.2, 0.25) is 0 Å². The molecule has 1 aromatic heterocycles. The molecule has 5 heteroatoms. The summed E-state index contributed by atoms with van der Waals surface area (Å²) >= 11 is 0. The fourth-order valence-electron chi connectivity index (χ4n) is 3.03. The van der Waals surface area contributed by atoms with Gasteiger partial charge >= 0.3 is 5.97 Å². The Bertz CT molecular complexity index is 508. The first-order valence-electron chi connectivity index (χ1n) is 6.91. The molecule has 20 heavy (non-hydrogen) atoms. The Kier molecular flexibility index (Phi) is 4.16. The Morgan fingerprint density at radius 1 is 1.40 bits per heavy atom. The van der Waals surface area contributed by atoms with E-state index < -0.39 is 17.8 Å². The lowest BCUT2D eigenvalue weighted by Gasteiger charge is -2.23. The first-order valence-corrected chi connectivity index (χ1v) is 6.91. The third-order valence-electron chi connectivity index (χ3n) is 4.18. The highest BCUT2D eigenvalue weighted by molar-refractivity contribution is 5.85. The summed E-state index contributed by atoms with van der Waals surface area (Å²) in [6.45, 7) is 4.31. The molecule has 0 spiro atoms. The van der Waals surface area contributed by atoms with E-state index in [0.717, 1.165) is 11.3 Å². The molecule has 0 aromatic carbocycles. The number of carboxylic acid groups (broad SMARTS) is 1. The summed E-state index contributed by atoms with van der Waals surface area (Å²) in [5.41, 5.74) is 0.957. The monoisotopic (exact) mass is 279 g/mol. The fourth-order valence-corrected chi connectivity index (χ4v) is 3.03. The molecule has 2 rings (SSSR count). The predicted molar refractivity (Wildman–Crippen MR) is 72.9 cm³/mol. The molecule has 1 heterocycles. The van der Waals surface area contributed by atoms with Crippen LogP contribution in [-0.2, 0) is 16.1 Å². The van der Waals surface area contributed by atoms with E-state index in [1.165, 1.54) is 0 Å². The Labute approximate surface area is 118 Å². The van der Waals surface area contributed by atoms with E-state index in [1.54, 1.807) is 18.2 Å². The SMILES string of the molecule is Cc1occc1CN(C)C(=O)C1CC(C)CC1C(=O)O. The minimum Gasteiger partial charge on any atom is -0.481 e. The molecule has 0 radical (unpaired) electrons. The average molecular weight is 279 g/mol. The van der Waals surface area contributed by atoms with Crippen molar-refractivity contribution in [2.75, 3.05) is 7.05 Å². The second-order valence-corrected chi connectivity index (χ2v) is 5.82. The standard InChI is InChI=1S/C15H21NO4/c1-9-6-12(13(7-9)15(18)19)14(17)16(3)8-11-4-5-20-10(11)2/h4-5,9,12-13H,6-8H2,1-3H3,(H,18,19). The number of carbonyl (C=O) groups excluding carboxylic acids is 1. The number of hydrogen-bond donors (Lipinski definition) is 1. The van der Waals surface area contributed by atoms with Crippen LogP contribution in [0.3, 0.4) is 0 Å². The number of nitrogens with zero attached hydrogens (tertiary/aromatic N) is 1. The molecule has 1 aliphatic carbocycles. The van der Waals surface area contributed by atoms with Crippen LogP contribution >= 0.6 is 0 Å². The van der Waals surface area contributed by atoms with Crippen LogP contribution in [0.4, 0.5) is 0 Å². The summed E-state index contributed by atoms with van der Waals surface area (Å²) in [4.78, 5) is 25.4. The number of aliphatic carboxylic acids is 1. The van der Waals surface area contributed by atoms with E-state index in [2.05, 4.69) is 0 Å². The van der Waals surface area contributed by atoms with E-state index in [0.29, 0.717) is 19.4 Å². The summed E-state index contributed by atoms with van der Waals surface area (Å²) in [5.74, 6) is -0.818. The summed E-state index contributed by atoms with van der Waals surface area (Å²) < 4.78 is 5.21. The van der Waals surface area contributed by atoms with Gasteiger partial charge in [-0.15, -0.1) is 0 Å². The van der Waals surface area contributed by atoms with Crippen molar-refractivity contribution in [1.29, 1.82) is 0 Å². The number of rotatable bonds is 4. The van der Waals surface area contributed by atoms with Crippen LogP contribution in [0.15, 0.2) is 16.7 Å². The van der Waals surface area contributed by atoms with E-state index >= 15 is 0 Å². The van der Waals surface area contributed by atoms with Gasteiger partial charge in [-0.05, 0) is 31.7 Å². The zero-order valence-corrected chi connectivity index (χ0v) is 12.1. The molecule has 1 aromatic rings. The van der Waals surface area contributed by atoms with Crippen molar-refractivity contribution in [1.82, 2.24) is 4.90 Å². The van der Waals surface area contributed by atoms with Crippen LogP contribution in [-0.4, -0.2) is 28.9 Å². The maximum atomic E-state index is 12.5. The molecule has 3 atom stereocenters. The largest absolute Gasteiger partial charge is 0.481 e. The van der Waals surface area contributed by atoms with Crippen molar-refractivity contribution in [3.8, 4) is 0 Å². The molecule has 1 N–H and O–H groups in total. The van der Waals surface area contributed by atoms with E-state index in [4.69, 9.17) is 4.42 Å². The van der Waals surface area contributed by atoms with Gasteiger partial charge in [0.1, 0.15) is 5.76 Å². The summed E-state index contributed by atoms with van der Waals surface area (Å²) in [5, 5.41) is 9.25. The van der Waals surface area contributed by atoms with E-state index in [9.17, 15) is 14.7 Å². The zero-order valence-electron chi connectivity index (χ0n) is 12.1. The number of amides is 1. The highest BCUT2D eigenvalue weighted by atomic mass is 16.4. The summed E-state index contributed by atoms with van der Waals surface area (Å²) in [6.07, 6.45) is 2.84. The lowest BCUT2D eigenvalue weighted by molar-refractivity contribution is -0.148. The van der Waals surface area contributed by atoms with Crippen molar-refractivity contribution < 1.29 is 19.1 Å². The number of carboxylic acids is 1. The zero-order chi connectivity index (χ0) is 14.9. The molecule has 110 valence electrons. The lowest BCUT2D eigenvalue weighted by atomic mass is 9.95. The first kappa shape index (κ1) is 14.6. The molecule has 0 saturated heterocycles. The summed E-state index contributed by atoms with van der Waals surface area (Å²) in [7, 11) is 1.72. The van der Waals surface area contributed by atoms with Crippen LogP contribution in [0, 0.1) is 24.7 Å². The van der Waals surface area contributed by atoms with Crippen molar-refractivity contribution in [3.63, 3.8) is 0 Å². The third kappa shape index (κ3) is 2.86. The smallest absolute Gasteiger partial charge is 0.307 e. The first-order chi connectivity index (χ1) is 9.40. The van der Waals surface area contributed by atoms with Crippen molar-refractivity contribution in [3.05, 3.63) is 23.7 Å². The molecule has 3 unspecified atom stereocenters. The highest BCUT2D eigenvalue weighted by Crippen LogP contribution is 2.37. The molecule has 1 amide bonds. The maximum absolute atomic E-state index is 12.5. The van der Waals surface area contributed by atoms with Crippen molar-refractivity contribution in [2.45, 2.75) is 33.2 Å². The van der Waals surface area contributed by atoms with Crippen LogP contribution in [0.25, 0.3) is 0 Å². The van der Waals surface area contributed by atoms with Gasteiger partial charge in [-0.2, -0.15) is 0 Å². The van der Waals surface area contributed by atoms with Gasteiger partial charge in [-0.25, -0.2) is 0 Å². The number of furan rings is 1. The third-order valence-corrected chi connectivity index (χ3v) is 4.18. The Hall–Kier alpha value is -1.78. The van der Waals surface area contributed by atoms with Gasteiger partial charge < -0.3 is 14.4 Å². The van der Waals surface area contributed by atoms with Gasteiger partial charge in [0, 0.05) is 19.2 Å². The van der Waals surface area contributed by atoms with E-state index in [1.807, 2.05) is 19.9 Å². The van der Waals surface area contributed by atoms with Gasteiger partial charge in [0.15, 0.2) is 0 Å². The second kappa shape index (κ2) is 5.69. The van der Waals surface area contributed by atoms with E-state index in [-0.39, 0.29) is 11.8 Å². The van der Waals surface area contributed by atoms with Gasteiger partial charge in [-0.3, -0.25) is 9.59 Å². The quantitative estimate of drug-likeness (QED) is 0.918. The predicted octanol–water partition coefficient (Wildman–Crippen LogP) is 2.29. The van der Waals surface area contributed by atoms with Crippen molar-refractivity contribution in [2.24, 2.45) is 17.8 Å². The van der Waals surface area contributed by atoms with Gasteiger partial charge in [0.25, 0.3) is 0 Å². The van der Waals surface area contributed by atoms with Gasteiger partial charge in [0.05, 0.1) is 18.1 Å². The minimum absolute atomic E-state index is 0.0812. The molecule has 1 saturated carbocycles. The molecule has 0 bridgehead atoms. The van der Waals surface area contributed by atoms with Crippen molar-refractivity contribution >= 4 is 11.9 Å². The molecule has 5 nitrogen and oxygen atoms in total. The Morgan fingerprint density at radius 2 is 2.05 bits per heavy atom. The summed E-state index contributed by atoms with van der Waals surface area (Å²) in [6, 6.07) is 1.84.